The van der Waals surface area contributed by atoms with Crippen LogP contribution < -0.4 is 4.40 Å². The van der Waals surface area contributed by atoms with Crippen LogP contribution in [0.1, 0.15) is 29.4 Å². The first-order valence-corrected chi connectivity index (χ1v) is 5.41. The van der Waals surface area contributed by atoms with Gasteiger partial charge < -0.3 is 0 Å². The van der Waals surface area contributed by atoms with Gasteiger partial charge in [0, 0.05) is 18.6 Å². The number of aryl methyl sites for hydroxylation is 3. The third-order valence-electron chi connectivity index (χ3n) is 2.96. The normalized spacial score (nSPS) is 10.9. The molecule has 0 aliphatic heterocycles. The fourth-order valence-corrected chi connectivity index (χ4v) is 2.12. The van der Waals surface area contributed by atoms with Crippen LogP contribution in [0.5, 0.6) is 0 Å². The standard InChI is InChI=1S/C13H17N2/c1-5-12-10(3)14-13-8-9(2)6-7-15(13)11(12)4/h6-8H,5H2,1-4H3/q+1. The lowest BCUT2D eigenvalue weighted by Gasteiger charge is -2.04. The van der Waals surface area contributed by atoms with Gasteiger partial charge in [-0.25, -0.2) is 4.40 Å². The number of fused-ring (bicyclic) bond motifs is 1. The number of pyridine rings is 1. The minimum absolute atomic E-state index is 1.04. The van der Waals surface area contributed by atoms with E-state index in [1.165, 1.54) is 16.8 Å². The van der Waals surface area contributed by atoms with E-state index in [-0.39, 0.29) is 0 Å². The van der Waals surface area contributed by atoms with Crippen LogP contribution >= 0.6 is 0 Å². The molecule has 0 atom stereocenters. The third-order valence-corrected chi connectivity index (χ3v) is 2.96. The average molecular weight is 201 g/mol. The highest BCUT2D eigenvalue weighted by atomic mass is 15.0. The predicted octanol–water partition coefficient (Wildman–Crippen LogP) is 2.31. The zero-order valence-electron chi connectivity index (χ0n) is 9.83. The first-order valence-electron chi connectivity index (χ1n) is 5.41. The number of aromatic nitrogens is 2. The molecule has 0 unspecified atom stereocenters. The van der Waals surface area contributed by atoms with Crippen molar-refractivity contribution in [2.45, 2.75) is 34.1 Å². The van der Waals surface area contributed by atoms with Crippen molar-refractivity contribution in [1.29, 1.82) is 0 Å². The molecule has 0 saturated carbocycles. The summed E-state index contributed by atoms with van der Waals surface area (Å²) in [6.07, 6.45) is 3.15. The van der Waals surface area contributed by atoms with Crippen molar-refractivity contribution in [1.82, 2.24) is 4.98 Å². The lowest BCUT2D eigenvalue weighted by Crippen LogP contribution is -2.29. The number of rotatable bonds is 1. The van der Waals surface area contributed by atoms with Crippen molar-refractivity contribution >= 4 is 5.65 Å². The van der Waals surface area contributed by atoms with Crippen LogP contribution in [0.15, 0.2) is 18.3 Å². The van der Waals surface area contributed by atoms with Crippen LogP contribution in [-0.2, 0) is 6.42 Å². The molecule has 0 saturated heterocycles. The van der Waals surface area contributed by atoms with Crippen molar-refractivity contribution in [2.24, 2.45) is 0 Å². The first-order chi connectivity index (χ1) is 7.13. The maximum Gasteiger partial charge on any atom is 0.328 e. The summed E-state index contributed by atoms with van der Waals surface area (Å²) < 4.78 is 2.17. The summed E-state index contributed by atoms with van der Waals surface area (Å²) in [5.41, 5.74) is 6.12. The Bertz CT molecular complexity index is 515. The maximum atomic E-state index is 4.63. The molecule has 0 spiro atoms. The molecule has 2 heteroatoms. The molecule has 0 N–H and O–H groups in total. The second-order valence-electron chi connectivity index (χ2n) is 4.05. The molecule has 2 rings (SSSR count). The van der Waals surface area contributed by atoms with E-state index in [0.29, 0.717) is 0 Å². The van der Waals surface area contributed by atoms with E-state index in [1.807, 2.05) is 0 Å². The molecule has 2 aromatic heterocycles. The summed E-state index contributed by atoms with van der Waals surface area (Å²) in [5.74, 6) is 0. The molecule has 0 fully saturated rings. The summed E-state index contributed by atoms with van der Waals surface area (Å²) in [6, 6.07) is 4.25. The van der Waals surface area contributed by atoms with Gasteiger partial charge in [-0.3, -0.25) is 0 Å². The van der Waals surface area contributed by atoms with Crippen LogP contribution in [0.3, 0.4) is 0 Å². The minimum atomic E-state index is 1.04. The molecule has 2 nitrogen and oxygen atoms in total. The SMILES string of the molecule is CCc1c(C)nc2cc(C)cc[n+]2c1C. The minimum Gasteiger partial charge on any atom is -0.200 e. The van der Waals surface area contributed by atoms with E-state index < -0.39 is 0 Å². The molecule has 15 heavy (non-hydrogen) atoms. The summed E-state index contributed by atoms with van der Waals surface area (Å²) in [7, 11) is 0. The molecule has 0 aliphatic rings. The Hall–Kier alpha value is -1.44. The Kier molecular flexibility index (Phi) is 2.43. The van der Waals surface area contributed by atoms with Crippen LogP contribution in [-0.4, -0.2) is 4.98 Å². The predicted molar refractivity (Wildman–Crippen MR) is 61.0 cm³/mol. The lowest BCUT2D eigenvalue weighted by molar-refractivity contribution is -0.523. The average Bonchev–Trinajstić information content (AvgIpc) is 2.17. The summed E-state index contributed by atoms with van der Waals surface area (Å²) in [4.78, 5) is 4.63. The van der Waals surface area contributed by atoms with Crippen LogP contribution in [0.2, 0.25) is 0 Å². The zero-order chi connectivity index (χ0) is 11.0. The molecule has 0 amide bonds. The molecule has 78 valence electrons. The van der Waals surface area contributed by atoms with E-state index in [1.54, 1.807) is 0 Å². The van der Waals surface area contributed by atoms with Crippen LogP contribution in [0.4, 0.5) is 0 Å². The highest BCUT2D eigenvalue weighted by Gasteiger charge is 2.14. The topological polar surface area (TPSA) is 17.0 Å². The van der Waals surface area contributed by atoms with Crippen molar-refractivity contribution in [3.63, 3.8) is 0 Å². The zero-order valence-corrected chi connectivity index (χ0v) is 9.83. The van der Waals surface area contributed by atoms with Gasteiger partial charge >= 0.3 is 5.65 Å². The number of hydrogen-bond donors (Lipinski definition) is 0. The molecule has 0 bridgehead atoms. The largest absolute Gasteiger partial charge is 0.328 e. The van der Waals surface area contributed by atoms with Gasteiger partial charge in [0.1, 0.15) is 5.69 Å². The first kappa shape index (κ1) is 10.1. The van der Waals surface area contributed by atoms with E-state index in [2.05, 4.69) is 55.4 Å². The lowest BCUT2D eigenvalue weighted by atomic mass is 10.1. The molecule has 0 aliphatic carbocycles. The Morgan fingerprint density at radius 2 is 2.00 bits per heavy atom. The van der Waals surface area contributed by atoms with E-state index in [4.69, 9.17) is 0 Å². The van der Waals surface area contributed by atoms with Gasteiger partial charge in [0.25, 0.3) is 0 Å². The number of nitrogens with zero attached hydrogens (tertiary/aromatic N) is 2. The molecule has 2 heterocycles. The fraction of sp³-hybridized carbons (Fsp3) is 0.385. The Morgan fingerprint density at radius 3 is 2.67 bits per heavy atom. The van der Waals surface area contributed by atoms with Gasteiger partial charge in [-0.2, -0.15) is 0 Å². The van der Waals surface area contributed by atoms with Gasteiger partial charge in [0.2, 0.25) is 0 Å². The molecule has 0 aromatic carbocycles. The molecular formula is C13H17N2+. The van der Waals surface area contributed by atoms with Crippen LogP contribution in [0.25, 0.3) is 5.65 Å². The van der Waals surface area contributed by atoms with E-state index in [0.717, 1.165) is 17.8 Å². The van der Waals surface area contributed by atoms with Crippen LogP contribution in [0, 0.1) is 20.8 Å². The van der Waals surface area contributed by atoms with Crippen molar-refractivity contribution < 1.29 is 4.40 Å². The van der Waals surface area contributed by atoms with Gasteiger partial charge in [0.05, 0.1) is 6.20 Å². The highest BCUT2D eigenvalue weighted by molar-refractivity contribution is 5.36. The van der Waals surface area contributed by atoms with Crippen molar-refractivity contribution in [2.75, 3.05) is 0 Å². The second kappa shape index (κ2) is 3.61. The second-order valence-corrected chi connectivity index (χ2v) is 4.05. The molecular weight excluding hydrogens is 184 g/mol. The maximum absolute atomic E-state index is 4.63. The van der Waals surface area contributed by atoms with Gasteiger partial charge in [-0.05, 0) is 36.9 Å². The van der Waals surface area contributed by atoms with E-state index in [9.17, 15) is 0 Å². The van der Waals surface area contributed by atoms with Crippen molar-refractivity contribution in [3.05, 3.63) is 40.8 Å². The van der Waals surface area contributed by atoms with Crippen molar-refractivity contribution in [3.8, 4) is 0 Å². The fourth-order valence-electron chi connectivity index (χ4n) is 2.12. The van der Waals surface area contributed by atoms with Gasteiger partial charge in [0.15, 0.2) is 5.69 Å². The molecule has 2 aromatic rings. The quantitative estimate of drug-likeness (QED) is 0.647. The highest BCUT2D eigenvalue weighted by Crippen LogP contribution is 2.10. The van der Waals surface area contributed by atoms with Gasteiger partial charge in [-0.15, -0.1) is 0 Å². The Morgan fingerprint density at radius 1 is 1.27 bits per heavy atom. The number of hydrogen-bond acceptors (Lipinski definition) is 1. The summed E-state index contributed by atoms with van der Waals surface area (Å²) in [6.45, 7) is 8.53. The van der Waals surface area contributed by atoms with E-state index >= 15 is 0 Å². The summed E-state index contributed by atoms with van der Waals surface area (Å²) >= 11 is 0. The molecule has 0 radical (unpaired) electrons. The monoisotopic (exact) mass is 201 g/mol. The summed E-state index contributed by atoms with van der Waals surface area (Å²) in [5, 5.41) is 0. The van der Waals surface area contributed by atoms with Gasteiger partial charge in [-0.1, -0.05) is 6.92 Å². The third kappa shape index (κ3) is 1.60. The smallest absolute Gasteiger partial charge is 0.200 e. The Balaban J connectivity index is 2.84. The Labute approximate surface area is 90.6 Å².